The number of aryl methyl sites for hydroxylation is 1. The standard InChI is InChI=1S/C23H27FN4O3S/c1-15-2-4-19-18(8-15)20(26-12-23(25)13-31-14-23)10-22(27-19)28-6-7-32(29,30)21-5-3-17(24)9-16(21)11-28/h2-5,8-10,29-30H,6-7,11-14,25H2,1H3,(H,26,27). The number of hydrogen-bond acceptors (Lipinski definition) is 7. The molecule has 0 spiro atoms. The quantitative estimate of drug-likeness (QED) is 0.469. The third-order valence-corrected chi connectivity index (χ3v) is 7.92. The largest absolute Gasteiger partial charge is 0.382 e. The molecule has 7 nitrogen and oxygen atoms in total. The van der Waals surface area contributed by atoms with Crippen LogP contribution in [0.1, 0.15) is 11.1 Å². The van der Waals surface area contributed by atoms with Crippen LogP contribution in [0.2, 0.25) is 0 Å². The molecule has 0 amide bonds. The third kappa shape index (κ3) is 4.02. The number of fused-ring (bicyclic) bond motifs is 2. The molecule has 32 heavy (non-hydrogen) atoms. The monoisotopic (exact) mass is 458 g/mol. The zero-order valence-corrected chi connectivity index (χ0v) is 18.7. The van der Waals surface area contributed by atoms with Gasteiger partial charge in [0.25, 0.3) is 0 Å². The van der Waals surface area contributed by atoms with E-state index in [1.165, 1.54) is 18.2 Å². The van der Waals surface area contributed by atoms with E-state index in [1.54, 1.807) is 0 Å². The predicted octanol–water partition coefficient (Wildman–Crippen LogP) is 3.95. The number of hydrogen-bond donors (Lipinski definition) is 4. The van der Waals surface area contributed by atoms with Crippen LogP contribution in [0.15, 0.2) is 47.4 Å². The van der Waals surface area contributed by atoms with Gasteiger partial charge in [-0.2, -0.15) is 10.6 Å². The van der Waals surface area contributed by atoms with Crippen molar-refractivity contribution in [3.05, 3.63) is 59.4 Å². The summed E-state index contributed by atoms with van der Waals surface area (Å²) in [4.78, 5) is 7.22. The number of nitrogens with two attached hydrogens (primary N) is 1. The second kappa shape index (κ2) is 7.86. The second-order valence-corrected chi connectivity index (χ2v) is 11.0. The van der Waals surface area contributed by atoms with Crippen LogP contribution in [-0.4, -0.2) is 51.7 Å². The fourth-order valence-electron chi connectivity index (χ4n) is 4.19. The number of pyridine rings is 1. The number of halogens is 1. The van der Waals surface area contributed by atoms with Crippen LogP contribution >= 0.6 is 10.6 Å². The molecule has 170 valence electrons. The molecule has 2 aliphatic rings. The lowest BCUT2D eigenvalue weighted by molar-refractivity contribution is -0.0461. The van der Waals surface area contributed by atoms with Gasteiger partial charge in [0.05, 0.1) is 34.9 Å². The van der Waals surface area contributed by atoms with Gasteiger partial charge in [-0.25, -0.2) is 9.37 Å². The minimum Gasteiger partial charge on any atom is -0.382 e. The van der Waals surface area contributed by atoms with Crippen molar-refractivity contribution < 1.29 is 18.2 Å². The normalized spacial score (nSPS) is 20.2. The molecular formula is C23H27FN4O3S. The van der Waals surface area contributed by atoms with Crippen LogP contribution in [0.4, 0.5) is 15.9 Å². The molecule has 0 bridgehead atoms. The van der Waals surface area contributed by atoms with Gasteiger partial charge in [0.1, 0.15) is 11.6 Å². The Balaban J connectivity index is 1.54. The molecule has 0 saturated carbocycles. The molecule has 1 saturated heterocycles. The summed E-state index contributed by atoms with van der Waals surface area (Å²) in [7, 11) is -3.00. The number of benzene rings is 2. The molecule has 2 aliphatic heterocycles. The maximum absolute atomic E-state index is 13.9. The maximum atomic E-state index is 13.9. The van der Waals surface area contributed by atoms with Crippen LogP contribution in [-0.2, 0) is 11.3 Å². The summed E-state index contributed by atoms with van der Waals surface area (Å²) < 4.78 is 40.5. The van der Waals surface area contributed by atoms with Crippen molar-refractivity contribution in [1.82, 2.24) is 4.98 Å². The lowest BCUT2D eigenvalue weighted by Crippen LogP contribution is -2.61. The molecule has 5 rings (SSSR count). The minimum absolute atomic E-state index is 0.158. The average Bonchev–Trinajstić information content (AvgIpc) is 2.86. The number of nitrogens with zero attached hydrogens (tertiary/aromatic N) is 2. The van der Waals surface area contributed by atoms with Gasteiger partial charge >= 0.3 is 0 Å². The van der Waals surface area contributed by atoms with E-state index in [0.29, 0.717) is 49.1 Å². The second-order valence-electron chi connectivity index (χ2n) is 8.80. The zero-order chi connectivity index (χ0) is 22.5. The van der Waals surface area contributed by atoms with Gasteiger partial charge in [-0.05, 0) is 42.8 Å². The maximum Gasteiger partial charge on any atom is 0.131 e. The van der Waals surface area contributed by atoms with Gasteiger partial charge < -0.3 is 20.7 Å². The molecular weight excluding hydrogens is 431 g/mol. The average molecular weight is 459 g/mol. The number of rotatable bonds is 4. The van der Waals surface area contributed by atoms with E-state index in [1.807, 2.05) is 30.0 Å². The summed E-state index contributed by atoms with van der Waals surface area (Å²) in [6, 6.07) is 12.2. The van der Waals surface area contributed by atoms with E-state index in [9.17, 15) is 13.5 Å². The topological polar surface area (TPSA) is 104 Å². The first-order valence-corrected chi connectivity index (χ1v) is 12.3. The molecule has 2 aromatic carbocycles. The Labute approximate surface area is 187 Å². The van der Waals surface area contributed by atoms with Gasteiger partial charge in [-0.1, -0.05) is 11.6 Å². The highest BCUT2D eigenvalue weighted by Gasteiger charge is 2.34. The summed E-state index contributed by atoms with van der Waals surface area (Å²) in [5, 5.41) is 4.46. The van der Waals surface area contributed by atoms with Crippen LogP contribution in [0.3, 0.4) is 0 Å². The number of nitrogens with one attached hydrogen (secondary N) is 1. The van der Waals surface area contributed by atoms with E-state index < -0.39 is 21.9 Å². The minimum atomic E-state index is -3.00. The van der Waals surface area contributed by atoms with E-state index in [-0.39, 0.29) is 5.75 Å². The Morgan fingerprint density at radius 1 is 1.22 bits per heavy atom. The van der Waals surface area contributed by atoms with E-state index in [0.717, 1.165) is 22.2 Å². The first kappa shape index (κ1) is 21.4. The SMILES string of the molecule is Cc1ccc2nc(N3CCS(O)(O)c4ccc(F)cc4C3)cc(NCC3(N)COC3)c2c1. The molecule has 1 fully saturated rings. The zero-order valence-electron chi connectivity index (χ0n) is 17.8. The first-order valence-electron chi connectivity index (χ1n) is 10.5. The Morgan fingerprint density at radius 2 is 2.03 bits per heavy atom. The highest BCUT2D eigenvalue weighted by molar-refractivity contribution is 8.24. The van der Waals surface area contributed by atoms with Crippen LogP contribution in [0, 0.1) is 12.7 Å². The Kier molecular flexibility index (Phi) is 5.26. The molecule has 1 aromatic heterocycles. The molecule has 0 aliphatic carbocycles. The Hall–Kier alpha value is -2.43. The van der Waals surface area contributed by atoms with Crippen molar-refractivity contribution in [2.24, 2.45) is 5.73 Å². The Bertz CT molecular complexity index is 1190. The van der Waals surface area contributed by atoms with Crippen molar-refractivity contribution in [2.45, 2.75) is 23.9 Å². The Morgan fingerprint density at radius 3 is 2.78 bits per heavy atom. The molecule has 3 heterocycles. The van der Waals surface area contributed by atoms with E-state index in [4.69, 9.17) is 15.5 Å². The molecule has 0 unspecified atom stereocenters. The van der Waals surface area contributed by atoms with Crippen molar-refractivity contribution in [3.8, 4) is 0 Å². The molecule has 5 N–H and O–H groups in total. The molecule has 0 radical (unpaired) electrons. The molecule has 3 aromatic rings. The van der Waals surface area contributed by atoms with E-state index in [2.05, 4.69) is 11.4 Å². The van der Waals surface area contributed by atoms with Gasteiger partial charge in [-0.15, -0.1) is 0 Å². The van der Waals surface area contributed by atoms with Crippen molar-refractivity contribution in [2.75, 3.05) is 42.3 Å². The fourth-order valence-corrected chi connectivity index (χ4v) is 5.71. The summed E-state index contributed by atoms with van der Waals surface area (Å²) in [5.41, 5.74) is 9.34. The van der Waals surface area contributed by atoms with Gasteiger partial charge in [-0.3, -0.25) is 9.11 Å². The predicted molar refractivity (Wildman–Crippen MR) is 126 cm³/mol. The number of aromatic nitrogens is 1. The summed E-state index contributed by atoms with van der Waals surface area (Å²) >= 11 is 0. The fraction of sp³-hybridized carbons (Fsp3) is 0.348. The van der Waals surface area contributed by atoms with Gasteiger partial charge in [0, 0.05) is 36.8 Å². The van der Waals surface area contributed by atoms with Crippen LogP contribution < -0.4 is 16.0 Å². The lowest BCUT2D eigenvalue weighted by atomic mass is 9.99. The molecule has 9 heteroatoms. The van der Waals surface area contributed by atoms with Crippen LogP contribution in [0.25, 0.3) is 10.9 Å². The summed E-state index contributed by atoms with van der Waals surface area (Å²) in [6.07, 6.45) is 0. The summed E-state index contributed by atoms with van der Waals surface area (Å²) in [5.74, 6) is 0.443. The highest BCUT2D eigenvalue weighted by atomic mass is 32.3. The smallest absolute Gasteiger partial charge is 0.131 e. The van der Waals surface area contributed by atoms with Crippen molar-refractivity contribution in [3.63, 3.8) is 0 Å². The van der Waals surface area contributed by atoms with Gasteiger partial charge in [0.15, 0.2) is 0 Å². The van der Waals surface area contributed by atoms with E-state index >= 15 is 0 Å². The molecule has 0 atom stereocenters. The third-order valence-electron chi connectivity index (χ3n) is 6.07. The highest BCUT2D eigenvalue weighted by Crippen LogP contribution is 2.51. The number of ether oxygens (including phenoxy) is 1. The first-order chi connectivity index (χ1) is 15.2. The van der Waals surface area contributed by atoms with Gasteiger partial charge in [0.2, 0.25) is 0 Å². The van der Waals surface area contributed by atoms with Crippen molar-refractivity contribution in [1.29, 1.82) is 0 Å². The number of anilines is 2. The lowest BCUT2D eigenvalue weighted by Gasteiger charge is -2.38. The summed E-state index contributed by atoms with van der Waals surface area (Å²) in [6.45, 7) is 4.35. The van der Waals surface area contributed by atoms with Crippen LogP contribution in [0.5, 0.6) is 0 Å². The van der Waals surface area contributed by atoms with Crippen molar-refractivity contribution >= 4 is 33.0 Å².